The average molecular weight is 269 g/mol. The number of nitrogens with zero attached hydrogens (tertiary/aromatic N) is 1. The van der Waals surface area contributed by atoms with E-state index < -0.39 is 6.04 Å². The van der Waals surface area contributed by atoms with Crippen molar-refractivity contribution in [3.8, 4) is 0 Å². The van der Waals surface area contributed by atoms with E-state index in [-0.39, 0.29) is 11.8 Å². The second-order valence-corrected chi connectivity index (χ2v) is 4.29. The maximum atomic E-state index is 11.9. The molecule has 2 amide bonds. The molecule has 5 nitrogen and oxygen atoms in total. The predicted octanol–water partition coefficient (Wildman–Crippen LogP) is 1.84. The summed E-state index contributed by atoms with van der Waals surface area (Å²) in [6.07, 6.45) is 3.04. The molecule has 0 saturated carbocycles. The largest absolute Gasteiger partial charge is 0.340 e. The van der Waals surface area contributed by atoms with Gasteiger partial charge in [0.1, 0.15) is 6.04 Å². The summed E-state index contributed by atoms with van der Waals surface area (Å²) < 4.78 is 0. The first-order valence-electron chi connectivity index (χ1n) is 6.23. The van der Waals surface area contributed by atoms with Crippen LogP contribution in [0.5, 0.6) is 0 Å². The molecule has 0 fully saturated rings. The molecule has 5 heteroatoms. The molecule has 0 aliphatic carbocycles. The lowest BCUT2D eigenvalue weighted by Crippen LogP contribution is -2.41. The maximum absolute atomic E-state index is 11.9. The molecule has 1 heterocycles. The highest BCUT2D eigenvalue weighted by molar-refractivity contribution is 6.00. The molecule has 20 heavy (non-hydrogen) atoms. The molecule has 102 valence electrons. The van der Waals surface area contributed by atoms with Gasteiger partial charge in [0, 0.05) is 18.1 Å². The van der Waals surface area contributed by atoms with Crippen LogP contribution < -0.4 is 10.6 Å². The first-order chi connectivity index (χ1) is 9.66. The Morgan fingerprint density at radius 2 is 1.85 bits per heavy atom. The van der Waals surface area contributed by atoms with E-state index in [1.54, 1.807) is 37.4 Å². The van der Waals surface area contributed by atoms with Crippen LogP contribution >= 0.6 is 0 Å². The molecule has 2 N–H and O–H groups in total. The van der Waals surface area contributed by atoms with Gasteiger partial charge in [-0.1, -0.05) is 18.2 Å². The number of aromatic nitrogens is 1. The lowest BCUT2D eigenvalue weighted by atomic mass is 10.2. The number of carbonyl (C=O) groups is 2. The predicted molar refractivity (Wildman–Crippen MR) is 76.2 cm³/mol. The standard InChI is InChI=1S/C15H15N3O2/c1-11(14(19)18-13-7-3-2-4-8-13)17-15(20)12-6-5-9-16-10-12/h2-11H,1H3,(H,17,20)(H,18,19)/t11-/m1/s1. The van der Waals surface area contributed by atoms with Crippen molar-refractivity contribution < 1.29 is 9.59 Å². The van der Waals surface area contributed by atoms with E-state index in [4.69, 9.17) is 0 Å². The van der Waals surface area contributed by atoms with E-state index in [1.807, 2.05) is 18.2 Å². The number of hydrogen-bond donors (Lipinski definition) is 2. The van der Waals surface area contributed by atoms with Crippen molar-refractivity contribution in [2.45, 2.75) is 13.0 Å². The SMILES string of the molecule is C[C@@H](NC(=O)c1cccnc1)C(=O)Nc1ccccc1. The highest BCUT2D eigenvalue weighted by Crippen LogP contribution is 2.05. The third-order valence-corrected chi connectivity index (χ3v) is 2.71. The van der Waals surface area contributed by atoms with Crippen molar-refractivity contribution in [2.75, 3.05) is 5.32 Å². The topological polar surface area (TPSA) is 71.1 Å². The highest BCUT2D eigenvalue weighted by Gasteiger charge is 2.16. The zero-order chi connectivity index (χ0) is 14.4. The van der Waals surface area contributed by atoms with E-state index in [0.29, 0.717) is 11.3 Å². The highest BCUT2D eigenvalue weighted by atomic mass is 16.2. The Balaban J connectivity index is 1.93. The number of benzene rings is 1. The molecule has 0 aliphatic rings. The van der Waals surface area contributed by atoms with Gasteiger partial charge in [0.2, 0.25) is 5.91 Å². The molecule has 0 radical (unpaired) electrons. The summed E-state index contributed by atoms with van der Waals surface area (Å²) in [7, 11) is 0. The fourth-order valence-corrected chi connectivity index (χ4v) is 1.61. The maximum Gasteiger partial charge on any atom is 0.253 e. The molecule has 0 aliphatic heterocycles. The summed E-state index contributed by atoms with van der Waals surface area (Å²) in [6.45, 7) is 1.63. The van der Waals surface area contributed by atoms with Gasteiger partial charge in [0.25, 0.3) is 5.91 Å². The monoisotopic (exact) mass is 269 g/mol. The van der Waals surface area contributed by atoms with Crippen LogP contribution in [0, 0.1) is 0 Å². The molecule has 1 atom stereocenters. The Hall–Kier alpha value is -2.69. The van der Waals surface area contributed by atoms with Gasteiger partial charge in [-0.25, -0.2) is 0 Å². The second-order valence-electron chi connectivity index (χ2n) is 4.29. The number of amides is 2. The van der Waals surface area contributed by atoms with Crippen LogP contribution in [0.1, 0.15) is 17.3 Å². The fourth-order valence-electron chi connectivity index (χ4n) is 1.61. The number of pyridine rings is 1. The van der Waals surface area contributed by atoms with Crippen molar-refractivity contribution in [1.29, 1.82) is 0 Å². The van der Waals surface area contributed by atoms with Gasteiger partial charge < -0.3 is 10.6 Å². The number of hydrogen-bond acceptors (Lipinski definition) is 3. The number of para-hydroxylation sites is 1. The van der Waals surface area contributed by atoms with Crippen molar-refractivity contribution in [1.82, 2.24) is 10.3 Å². The average Bonchev–Trinajstić information content (AvgIpc) is 2.49. The van der Waals surface area contributed by atoms with Crippen LogP contribution in [0.3, 0.4) is 0 Å². The van der Waals surface area contributed by atoms with Crippen molar-refractivity contribution >= 4 is 17.5 Å². The van der Waals surface area contributed by atoms with Crippen LogP contribution in [-0.2, 0) is 4.79 Å². The molecule has 2 rings (SSSR count). The zero-order valence-corrected chi connectivity index (χ0v) is 11.0. The lowest BCUT2D eigenvalue weighted by molar-refractivity contribution is -0.117. The van der Waals surface area contributed by atoms with Gasteiger partial charge >= 0.3 is 0 Å². The Morgan fingerprint density at radius 3 is 2.50 bits per heavy atom. The van der Waals surface area contributed by atoms with Crippen LogP contribution in [0.2, 0.25) is 0 Å². The number of nitrogens with one attached hydrogen (secondary N) is 2. The van der Waals surface area contributed by atoms with Gasteiger partial charge in [-0.15, -0.1) is 0 Å². The van der Waals surface area contributed by atoms with Crippen LogP contribution in [-0.4, -0.2) is 22.8 Å². The summed E-state index contributed by atoms with van der Waals surface area (Å²) in [5.41, 5.74) is 1.12. The van der Waals surface area contributed by atoms with Crippen molar-refractivity contribution in [3.63, 3.8) is 0 Å². The van der Waals surface area contributed by atoms with Crippen LogP contribution in [0.15, 0.2) is 54.9 Å². The van der Waals surface area contributed by atoms with Gasteiger partial charge in [-0.3, -0.25) is 14.6 Å². The Bertz CT molecular complexity index is 585. The van der Waals surface area contributed by atoms with E-state index >= 15 is 0 Å². The molecule has 0 bridgehead atoms. The van der Waals surface area contributed by atoms with Gasteiger partial charge in [0.05, 0.1) is 5.56 Å². The third kappa shape index (κ3) is 3.65. The van der Waals surface area contributed by atoms with Crippen molar-refractivity contribution in [2.24, 2.45) is 0 Å². The molecule has 1 aromatic heterocycles. The Morgan fingerprint density at radius 1 is 1.10 bits per heavy atom. The molecule has 0 saturated heterocycles. The first kappa shape index (κ1) is 13.7. The first-order valence-corrected chi connectivity index (χ1v) is 6.23. The van der Waals surface area contributed by atoms with E-state index in [2.05, 4.69) is 15.6 Å². The molecular weight excluding hydrogens is 254 g/mol. The number of carbonyl (C=O) groups excluding carboxylic acids is 2. The molecular formula is C15H15N3O2. The van der Waals surface area contributed by atoms with E-state index in [9.17, 15) is 9.59 Å². The third-order valence-electron chi connectivity index (χ3n) is 2.71. The normalized spacial score (nSPS) is 11.4. The minimum atomic E-state index is -0.636. The van der Waals surface area contributed by atoms with E-state index in [0.717, 1.165) is 0 Å². The Labute approximate surface area is 117 Å². The van der Waals surface area contributed by atoms with Gasteiger partial charge in [-0.2, -0.15) is 0 Å². The second kappa shape index (κ2) is 6.47. The fraction of sp³-hybridized carbons (Fsp3) is 0.133. The summed E-state index contributed by atoms with van der Waals surface area (Å²) in [5, 5.41) is 5.35. The van der Waals surface area contributed by atoms with Crippen LogP contribution in [0.25, 0.3) is 0 Å². The number of anilines is 1. The summed E-state index contributed by atoms with van der Waals surface area (Å²) in [6, 6.07) is 11.8. The molecule has 0 unspecified atom stereocenters. The quantitative estimate of drug-likeness (QED) is 0.889. The van der Waals surface area contributed by atoms with Gasteiger partial charge in [0.15, 0.2) is 0 Å². The lowest BCUT2D eigenvalue weighted by Gasteiger charge is -2.14. The van der Waals surface area contributed by atoms with E-state index in [1.165, 1.54) is 6.20 Å². The molecule has 2 aromatic rings. The molecule has 0 spiro atoms. The van der Waals surface area contributed by atoms with Crippen molar-refractivity contribution in [3.05, 3.63) is 60.4 Å². The molecule has 1 aromatic carbocycles. The summed E-state index contributed by atoms with van der Waals surface area (Å²) >= 11 is 0. The van der Waals surface area contributed by atoms with Crippen LogP contribution in [0.4, 0.5) is 5.69 Å². The smallest absolute Gasteiger partial charge is 0.253 e. The summed E-state index contributed by atoms with van der Waals surface area (Å²) in [4.78, 5) is 27.7. The zero-order valence-electron chi connectivity index (χ0n) is 11.0. The number of rotatable bonds is 4. The van der Waals surface area contributed by atoms with Gasteiger partial charge in [-0.05, 0) is 31.2 Å². The minimum absolute atomic E-state index is 0.270. The Kier molecular flexibility index (Phi) is 4.44. The minimum Gasteiger partial charge on any atom is -0.340 e. The summed E-state index contributed by atoms with van der Waals surface area (Å²) in [5.74, 6) is -0.595.